The van der Waals surface area contributed by atoms with Gasteiger partial charge in [0.05, 0.1) is 17.4 Å². The van der Waals surface area contributed by atoms with Gasteiger partial charge < -0.3 is 0 Å². The van der Waals surface area contributed by atoms with Crippen LogP contribution in [0.15, 0.2) is 12.1 Å². The highest BCUT2D eigenvalue weighted by Gasteiger charge is 2.18. The zero-order chi connectivity index (χ0) is 10.7. The van der Waals surface area contributed by atoms with Crippen molar-refractivity contribution >= 4 is 17.3 Å². The molecule has 0 aliphatic carbocycles. The van der Waals surface area contributed by atoms with Gasteiger partial charge in [0.2, 0.25) is 0 Å². The van der Waals surface area contributed by atoms with Gasteiger partial charge in [-0.05, 0) is 24.6 Å². The molecule has 0 fully saturated rings. The van der Waals surface area contributed by atoms with Crippen LogP contribution in [0.25, 0.3) is 0 Å². The number of hydrogen-bond acceptors (Lipinski definition) is 3. The molecule has 0 spiro atoms. The quantitative estimate of drug-likeness (QED) is 0.557. The van der Waals surface area contributed by atoms with Crippen LogP contribution in [-0.4, -0.2) is 4.92 Å². The highest BCUT2D eigenvalue weighted by molar-refractivity contribution is 6.32. The molecule has 1 aromatic rings. The maximum Gasteiger partial charge on any atom is 0.292 e. The van der Waals surface area contributed by atoms with E-state index in [2.05, 4.69) is 0 Å². The number of nitro groups is 1. The molecule has 0 saturated heterocycles. The minimum atomic E-state index is -0.561. The Balaban J connectivity index is 3.38. The van der Waals surface area contributed by atoms with Crippen LogP contribution in [-0.2, 0) is 6.42 Å². The molecule has 0 N–H and O–H groups in total. The van der Waals surface area contributed by atoms with Gasteiger partial charge in [-0.1, -0.05) is 11.6 Å². The van der Waals surface area contributed by atoms with Crippen molar-refractivity contribution in [2.45, 2.75) is 13.3 Å². The first kappa shape index (κ1) is 10.5. The first-order valence-corrected chi connectivity index (χ1v) is 4.24. The summed E-state index contributed by atoms with van der Waals surface area (Å²) in [4.78, 5) is 10.1. The van der Waals surface area contributed by atoms with Gasteiger partial charge in [-0.2, -0.15) is 5.26 Å². The minimum Gasteiger partial charge on any atom is -0.258 e. The van der Waals surface area contributed by atoms with E-state index in [1.165, 1.54) is 6.07 Å². The third kappa shape index (κ3) is 2.01. The molecule has 0 aliphatic rings. The highest BCUT2D eigenvalue weighted by atomic mass is 35.5. The molecule has 0 aromatic heterocycles. The molecule has 0 unspecified atom stereocenters. The lowest BCUT2D eigenvalue weighted by Crippen LogP contribution is -1.96. The summed E-state index contributed by atoms with van der Waals surface area (Å²) in [6.07, 6.45) is -0.00227. The molecule has 1 rings (SSSR count). The molecule has 0 amide bonds. The molecular formula is C9H7ClN2O2. The Morgan fingerprint density at radius 3 is 2.79 bits per heavy atom. The van der Waals surface area contributed by atoms with E-state index in [0.29, 0.717) is 5.56 Å². The fraction of sp³-hybridized carbons (Fsp3) is 0.222. The van der Waals surface area contributed by atoms with Gasteiger partial charge in [-0.3, -0.25) is 10.1 Å². The monoisotopic (exact) mass is 210 g/mol. The fourth-order valence-corrected chi connectivity index (χ4v) is 1.59. The van der Waals surface area contributed by atoms with Crippen molar-refractivity contribution in [2.75, 3.05) is 0 Å². The molecular weight excluding hydrogens is 204 g/mol. The van der Waals surface area contributed by atoms with E-state index in [0.717, 1.165) is 5.56 Å². The lowest BCUT2D eigenvalue weighted by molar-refractivity contribution is -0.385. The third-order valence-corrected chi connectivity index (χ3v) is 2.03. The molecule has 72 valence electrons. The van der Waals surface area contributed by atoms with E-state index in [1.54, 1.807) is 13.0 Å². The Hall–Kier alpha value is -1.60. The zero-order valence-electron chi connectivity index (χ0n) is 7.45. The smallest absolute Gasteiger partial charge is 0.258 e. The number of rotatable bonds is 2. The average molecular weight is 211 g/mol. The SMILES string of the molecule is Cc1cc(Cl)c([N+](=O)[O-])c(CC#N)c1. The van der Waals surface area contributed by atoms with E-state index >= 15 is 0 Å². The van der Waals surface area contributed by atoms with E-state index in [4.69, 9.17) is 16.9 Å². The van der Waals surface area contributed by atoms with Crippen molar-refractivity contribution in [3.05, 3.63) is 38.4 Å². The Kier molecular flexibility index (Phi) is 3.05. The van der Waals surface area contributed by atoms with Gasteiger partial charge in [0.15, 0.2) is 0 Å². The lowest BCUT2D eigenvalue weighted by atomic mass is 10.1. The Morgan fingerprint density at radius 2 is 2.29 bits per heavy atom. The normalized spacial score (nSPS) is 9.50. The number of aryl methyl sites for hydroxylation is 1. The fourth-order valence-electron chi connectivity index (χ4n) is 1.23. The number of hydrogen-bond donors (Lipinski definition) is 0. The maximum atomic E-state index is 10.6. The largest absolute Gasteiger partial charge is 0.292 e. The van der Waals surface area contributed by atoms with Crippen LogP contribution in [0.1, 0.15) is 11.1 Å². The van der Waals surface area contributed by atoms with Gasteiger partial charge in [-0.15, -0.1) is 0 Å². The molecule has 0 atom stereocenters. The van der Waals surface area contributed by atoms with Crippen LogP contribution in [0.3, 0.4) is 0 Å². The van der Waals surface area contributed by atoms with Gasteiger partial charge in [0.25, 0.3) is 5.69 Å². The average Bonchev–Trinajstić information content (AvgIpc) is 2.01. The molecule has 4 nitrogen and oxygen atoms in total. The second kappa shape index (κ2) is 4.07. The second-order valence-corrected chi connectivity index (χ2v) is 3.25. The van der Waals surface area contributed by atoms with Crippen LogP contribution < -0.4 is 0 Å². The van der Waals surface area contributed by atoms with Crippen molar-refractivity contribution in [1.82, 2.24) is 0 Å². The topological polar surface area (TPSA) is 66.9 Å². The summed E-state index contributed by atoms with van der Waals surface area (Å²) in [5.41, 5.74) is 1.01. The van der Waals surface area contributed by atoms with Crippen molar-refractivity contribution in [3.8, 4) is 6.07 Å². The molecule has 14 heavy (non-hydrogen) atoms. The predicted octanol–water partition coefficient (Wildman–Crippen LogP) is 2.62. The molecule has 0 saturated carbocycles. The van der Waals surface area contributed by atoms with E-state index < -0.39 is 4.92 Å². The summed E-state index contributed by atoms with van der Waals surface area (Å²) in [7, 11) is 0. The number of nitro benzene ring substituents is 1. The van der Waals surface area contributed by atoms with E-state index in [9.17, 15) is 10.1 Å². The highest BCUT2D eigenvalue weighted by Crippen LogP contribution is 2.29. The number of nitriles is 1. The van der Waals surface area contributed by atoms with Crippen LogP contribution in [0.2, 0.25) is 5.02 Å². The second-order valence-electron chi connectivity index (χ2n) is 2.85. The van der Waals surface area contributed by atoms with Crippen molar-refractivity contribution in [3.63, 3.8) is 0 Å². The lowest BCUT2D eigenvalue weighted by Gasteiger charge is -2.02. The summed E-state index contributed by atoms with van der Waals surface area (Å²) in [6, 6.07) is 4.99. The molecule has 0 radical (unpaired) electrons. The van der Waals surface area contributed by atoms with Gasteiger partial charge in [0, 0.05) is 5.56 Å². The number of benzene rings is 1. The van der Waals surface area contributed by atoms with Gasteiger partial charge in [-0.25, -0.2) is 0 Å². The summed E-state index contributed by atoms with van der Waals surface area (Å²) in [6.45, 7) is 1.77. The Labute approximate surface area is 85.9 Å². The van der Waals surface area contributed by atoms with Crippen LogP contribution in [0.4, 0.5) is 5.69 Å². The summed E-state index contributed by atoms with van der Waals surface area (Å²) in [5.74, 6) is 0. The van der Waals surface area contributed by atoms with E-state index in [1.807, 2.05) is 6.07 Å². The minimum absolute atomic E-state index is 0.00227. The first-order chi connectivity index (χ1) is 6.56. The van der Waals surface area contributed by atoms with Crippen LogP contribution in [0.5, 0.6) is 0 Å². The summed E-state index contributed by atoms with van der Waals surface area (Å²) < 4.78 is 0. The first-order valence-electron chi connectivity index (χ1n) is 3.86. The predicted molar refractivity (Wildman–Crippen MR) is 52.2 cm³/mol. The zero-order valence-corrected chi connectivity index (χ0v) is 8.21. The molecule has 0 aliphatic heterocycles. The Bertz CT molecular complexity index is 424. The molecule has 0 bridgehead atoms. The number of nitrogens with zero attached hydrogens (tertiary/aromatic N) is 2. The maximum absolute atomic E-state index is 10.6. The molecule has 1 aromatic carbocycles. The summed E-state index contributed by atoms with van der Waals surface area (Å²) in [5, 5.41) is 19.2. The Morgan fingerprint density at radius 1 is 1.64 bits per heavy atom. The van der Waals surface area contributed by atoms with Crippen molar-refractivity contribution in [2.24, 2.45) is 0 Å². The summed E-state index contributed by atoms with van der Waals surface area (Å²) >= 11 is 5.71. The molecule has 0 heterocycles. The standard InChI is InChI=1S/C9H7ClN2O2/c1-6-4-7(2-3-11)9(12(13)14)8(10)5-6/h4-5H,2H2,1H3. The third-order valence-electron chi connectivity index (χ3n) is 1.74. The van der Waals surface area contributed by atoms with Gasteiger partial charge >= 0.3 is 0 Å². The van der Waals surface area contributed by atoms with Crippen LogP contribution in [0, 0.1) is 28.4 Å². The van der Waals surface area contributed by atoms with Crippen molar-refractivity contribution in [1.29, 1.82) is 5.26 Å². The van der Waals surface area contributed by atoms with E-state index in [-0.39, 0.29) is 17.1 Å². The van der Waals surface area contributed by atoms with Crippen LogP contribution >= 0.6 is 11.6 Å². The van der Waals surface area contributed by atoms with Crippen molar-refractivity contribution < 1.29 is 4.92 Å². The number of halogens is 1. The molecule has 5 heteroatoms. The van der Waals surface area contributed by atoms with Gasteiger partial charge in [0.1, 0.15) is 5.02 Å².